The van der Waals surface area contributed by atoms with Crippen LogP contribution >= 0.6 is 0 Å². The number of nitrogens with zero attached hydrogens (tertiary/aromatic N) is 1. The summed E-state index contributed by atoms with van der Waals surface area (Å²) < 4.78 is 0. The predicted octanol–water partition coefficient (Wildman–Crippen LogP) is 1.76. The fraction of sp³-hybridized carbons (Fsp3) is 0.222. The molecule has 0 saturated carbocycles. The van der Waals surface area contributed by atoms with Gasteiger partial charge in [0, 0.05) is 5.56 Å². The first-order chi connectivity index (χ1) is 5.79. The molecule has 1 aromatic carbocycles. The molecule has 3 heteroatoms. The Morgan fingerprint density at radius 2 is 2.25 bits per heavy atom. The van der Waals surface area contributed by atoms with Crippen molar-refractivity contribution in [3.63, 3.8) is 0 Å². The zero-order valence-electron chi connectivity index (χ0n) is 6.86. The molecule has 0 atom stereocenters. The van der Waals surface area contributed by atoms with E-state index in [1.54, 1.807) is 6.07 Å². The van der Waals surface area contributed by atoms with Crippen LogP contribution in [0.1, 0.15) is 18.1 Å². The molecule has 3 nitrogen and oxygen atoms in total. The maximum absolute atomic E-state index is 9.52. The molecule has 64 valence electrons. The number of para-hydroxylation sites is 1. The summed E-state index contributed by atoms with van der Waals surface area (Å²) in [5.74, 6) is 0.192. The minimum absolute atomic E-state index is 0.192. The van der Waals surface area contributed by atoms with E-state index >= 15 is 0 Å². The van der Waals surface area contributed by atoms with Gasteiger partial charge in [0.25, 0.3) is 0 Å². The van der Waals surface area contributed by atoms with E-state index in [0.29, 0.717) is 5.56 Å². The van der Waals surface area contributed by atoms with Crippen LogP contribution in [0, 0.1) is 0 Å². The van der Waals surface area contributed by atoms with Crippen LogP contribution in [0.15, 0.2) is 23.4 Å². The van der Waals surface area contributed by atoms with E-state index in [0.717, 1.165) is 12.0 Å². The summed E-state index contributed by atoms with van der Waals surface area (Å²) in [6, 6.07) is 5.34. The van der Waals surface area contributed by atoms with Gasteiger partial charge in [-0.05, 0) is 18.1 Å². The van der Waals surface area contributed by atoms with Gasteiger partial charge in [0.1, 0.15) is 5.75 Å². The molecule has 0 aliphatic rings. The lowest BCUT2D eigenvalue weighted by molar-refractivity contribution is 0.321. The van der Waals surface area contributed by atoms with Crippen molar-refractivity contribution in [2.75, 3.05) is 0 Å². The smallest absolute Gasteiger partial charge is 0.127 e. The van der Waals surface area contributed by atoms with Gasteiger partial charge in [-0.2, -0.15) is 0 Å². The molecule has 12 heavy (non-hydrogen) atoms. The molecule has 0 aliphatic carbocycles. The predicted molar refractivity (Wildman–Crippen MR) is 46.9 cm³/mol. The summed E-state index contributed by atoms with van der Waals surface area (Å²) >= 11 is 0. The van der Waals surface area contributed by atoms with Gasteiger partial charge in [0.05, 0.1) is 6.21 Å². The lowest BCUT2D eigenvalue weighted by Gasteiger charge is -2.02. The highest BCUT2D eigenvalue weighted by Crippen LogP contribution is 2.20. The molecular weight excluding hydrogens is 154 g/mol. The Bertz CT molecular complexity index is 295. The quantitative estimate of drug-likeness (QED) is 0.398. The SMILES string of the molecule is CCc1cccc(C=NO)c1O. The third-order valence-corrected chi connectivity index (χ3v) is 1.73. The molecule has 0 aromatic heterocycles. The lowest BCUT2D eigenvalue weighted by Crippen LogP contribution is -1.87. The van der Waals surface area contributed by atoms with Gasteiger partial charge in [0.2, 0.25) is 0 Å². The maximum Gasteiger partial charge on any atom is 0.127 e. The monoisotopic (exact) mass is 165 g/mol. The summed E-state index contributed by atoms with van der Waals surface area (Å²) in [6.45, 7) is 1.95. The third kappa shape index (κ3) is 1.56. The fourth-order valence-electron chi connectivity index (χ4n) is 1.06. The number of benzene rings is 1. The normalized spacial score (nSPS) is 10.8. The van der Waals surface area contributed by atoms with Crippen molar-refractivity contribution in [1.29, 1.82) is 0 Å². The lowest BCUT2D eigenvalue weighted by atomic mass is 10.1. The molecule has 0 bridgehead atoms. The molecule has 0 fully saturated rings. The van der Waals surface area contributed by atoms with Crippen LogP contribution in [-0.4, -0.2) is 16.5 Å². The summed E-state index contributed by atoms with van der Waals surface area (Å²) in [4.78, 5) is 0. The molecule has 1 rings (SSSR count). The molecule has 0 amide bonds. The van der Waals surface area contributed by atoms with E-state index in [9.17, 15) is 5.11 Å². The van der Waals surface area contributed by atoms with Crippen LogP contribution in [0.25, 0.3) is 0 Å². The van der Waals surface area contributed by atoms with E-state index in [1.165, 1.54) is 6.21 Å². The first-order valence-corrected chi connectivity index (χ1v) is 3.78. The molecule has 0 unspecified atom stereocenters. The number of oxime groups is 1. The second-order valence-corrected chi connectivity index (χ2v) is 2.45. The van der Waals surface area contributed by atoms with Crippen LogP contribution in [0.2, 0.25) is 0 Å². The van der Waals surface area contributed by atoms with Crippen molar-refractivity contribution in [3.05, 3.63) is 29.3 Å². The highest BCUT2D eigenvalue weighted by atomic mass is 16.4. The van der Waals surface area contributed by atoms with Crippen molar-refractivity contribution in [1.82, 2.24) is 0 Å². The zero-order valence-corrected chi connectivity index (χ0v) is 6.86. The Morgan fingerprint density at radius 1 is 1.50 bits per heavy atom. The Balaban J connectivity index is 3.13. The van der Waals surface area contributed by atoms with Crippen LogP contribution in [0.4, 0.5) is 0 Å². The van der Waals surface area contributed by atoms with E-state index in [2.05, 4.69) is 5.16 Å². The minimum Gasteiger partial charge on any atom is -0.507 e. The van der Waals surface area contributed by atoms with Gasteiger partial charge >= 0.3 is 0 Å². The number of phenolic OH excluding ortho intramolecular Hbond substituents is 1. The molecular formula is C9H11NO2. The summed E-state index contributed by atoms with van der Waals surface area (Å²) in [5.41, 5.74) is 1.39. The summed E-state index contributed by atoms with van der Waals surface area (Å²) in [6.07, 6.45) is 1.98. The van der Waals surface area contributed by atoms with Crippen LogP contribution in [0.3, 0.4) is 0 Å². The van der Waals surface area contributed by atoms with Gasteiger partial charge in [-0.1, -0.05) is 24.2 Å². The van der Waals surface area contributed by atoms with E-state index in [-0.39, 0.29) is 5.75 Å². The van der Waals surface area contributed by atoms with Crippen LogP contribution < -0.4 is 0 Å². The second-order valence-electron chi connectivity index (χ2n) is 2.45. The molecule has 0 aliphatic heterocycles. The van der Waals surface area contributed by atoms with Crippen molar-refractivity contribution >= 4 is 6.21 Å². The fourth-order valence-corrected chi connectivity index (χ4v) is 1.06. The Morgan fingerprint density at radius 3 is 2.83 bits per heavy atom. The molecule has 0 spiro atoms. The molecule has 0 radical (unpaired) electrons. The number of rotatable bonds is 2. The Kier molecular flexibility index (Phi) is 2.69. The topological polar surface area (TPSA) is 52.8 Å². The minimum atomic E-state index is 0.192. The van der Waals surface area contributed by atoms with E-state index < -0.39 is 0 Å². The maximum atomic E-state index is 9.52. The zero-order chi connectivity index (χ0) is 8.97. The number of phenols is 1. The number of hydrogen-bond acceptors (Lipinski definition) is 3. The van der Waals surface area contributed by atoms with Crippen molar-refractivity contribution in [2.24, 2.45) is 5.16 Å². The van der Waals surface area contributed by atoms with Crippen LogP contribution in [-0.2, 0) is 6.42 Å². The summed E-state index contributed by atoms with van der Waals surface area (Å²) in [5, 5.41) is 20.6. The number of aryl methyl sites for hydroxylation is 1. The van der Waals surface area contributed by atoms with Crippen molar-refractivity contribution < 1.29 is 10.3 Å². The highest BCUT2D eigenvalue weighted by molar-refractivity contribution is 5.83. The first-order valence-electron chi connectivity index (χ1n) is 3.78. The largest absolute Gasteiger partial charge is 0.507 e. The van der Waals surface area contributed by atoms with E-state index in [1.807, 2.05) is 19.1 Å². The molecule has 2 N–H and O–H groups in total. The van der Waals surface area contributed by atoms with Crippen molar-refractivity contribution in [3.8, 4) is 5.75 Å². The van der Waals surface area contributed by atoms with Crippen LogP contribution in [0.5, 0.6) is 5.75 Å². The van der Waals surface area contributed by atoms with Gasteiger partial charge in [0.15, 0.2) is 0 Å². The number of hydrogen-bond donors (Lipinski definition) is 2. The van der Waals surface area contributed by atoms with E-state index in [4.69, 9.17) is 5.21 Å². The third-order valence-electron chi connectivity index (χ3n) is 1.73. The highest BCUT2D eigenvalue weighted by Gasteiger charge is 2.02. The molecule has 0 heterocycles. The molecule has 1 aromatic rings. The average Bonchev–Trinajstić information content (AvgIpc) is 2.09. The van der Waals surface area contributed by atoms with Crippen molar-refractivity contribution in [2.45, 2.75) is 13.3 Å². The molecule has 0 saturated heterocycles. The van der Waals surface area contributed by atoms with Gasteiger partial charge in [-0.25, -0.2) is 0 Å². The number of aromatic hydroxyl groups is 1. The standard InChI is InChI=1S/C9H11NO2/c1-2-7-4-3-5-8(6-10-12)9(7)11/h3-6,11-12H,2H2,1H3. The Hall–Kier alpha value is -1.51. The Labute approximate surface area is 71.0 Å². The average molecular weight is 165 g/mol. The summed E-state index contributed by atoms with van der Waals surface area (Å²) in [7, 11) is 0. The first kappa shape index (κ1) is 8.59. The van der Waals surface area contributed by atoms with Gasteiger partial charge in [-0.3, -0.25) is 0 Å². The van der Waals surface area contributed by atoms with Gasteiger partial charge < -0.3 is 10.3 Å². The second kappa shape index (κ2) is 3.76. The van der Waals surface area contributed by atoms with Gasteiger partial charge in [-0.15, -0.1) is 0 Å².